The number of fused-ring (bicyclic) bond motifs is 1. The Balaban J connectivity index is 1.74. The number of esters is 1. The molecule has 0 unspecified atom stereocenters. The molecule has 0 fully saturated rings. The maximum Gasteiger partial charge on any atom is 0.310 e. The molecule has 8 nitrogen and oxygen atoms in total. The van der Waals surface area contributed by atoms with Crippen molar-refractivity contribution in [3.63, 3.8) is 0 Å². The van der Waals surface area contributed by atoms with Crippen LogP contribution in [0, 0.1) is 0 Å². The van der Waals surface area contributed by atoms with E-state index >= 15 is 0 Å². The van der Waals surface area contributed by atoms with Gasteiger partial charge in [0.2, 0.25) is 0 Å². The summed E-state index contributed by atoms with van der Waals surface area (Å²) in [5, 5.41) is 0.808. The number of halogens is 1. The van der Waals surface area contributed by atoms with Gasteiger partial charge in [0.25, 0.3) is 10.0 Å². The topological polar surface area (TPSA) is 104 Å². The first-order valence-electron chi connectivity index (χ1n) is 13.9. The van der Waals surface area contributed by atoms with Gasteiger partial charge in [-0.3, -0.25) is 4.79 Å². The second kappa shape index (κ2) is 13.5. The zero-order chi connectivity index (χ0) is 31.2. The molecule has 0 saturated heterocycles. The third-order valence-electron chi connectivity index (χ3n) is 6.66. The molecule has 0 N–H and O–H groups in total. The highest BCUT2D eigenvalue weighted by atomic mass is 32.2. The number of ether oxygens (including phenoxy) is 3. The van der Waals surface area contributed by atoms with E-state index in [4.69, 9.17) is 18.6 Å². The summed E-state index contributed by atoms with van der Waals surface area (Å²) in [6, 6.07) is 19.9. The summed E-state index contributed by atoms with van der Waals surface area (Å²) < 4.78 is 64.9. The van der Waals surface area contributed by atoms with Crippen LogP contribution in [0.5, 0.6) is 5.75 Å². The monoisotopic (exact) mass is 609 g/mol. The molecule has 0 aliphatic heterocycles. The average molecular weight is 610 g/mol. The predicted octanol–water partition coefficient (Wildman–Crippen LogP) is 6.82. The van der Waals surface area contributed by atoms with Crippen LogP contribution < -0.4 is 4.74 Å². The molecule has 0 radical (unpaired) electrons. The van der Waals surface area contributed by atoms with Crippen molar-refractivity contribution in [2.75, 3.05) is 20.4 Å². The van der Waals surface area contributed by atoms with Gasteiger partial charge in [0.1, 0.15) is 37.0 Å². The quantitative estimate of drug-likeness (QED) is 0.128. The Labute approximate surface area is 251 Å². The molecule has 43 heavy (non-hydrogen) atoms. The largest absolute Gasteiger partial charge is 0.489 e. The number of para-hydroxylation sites is 1. The number of furan rings is 1. The Morgan fingerprint density at radius 2 is 1.77 bits per heavy atom. The predicted molar refractivity (Wildman–Crippen MR) is 165 cm³/mol. The Kier molecular flexibility index (Phi) is 10.0. The minimum atomic E-state index is -3.96. The fourth-order valence-corrected chi connectivity index (χ4v) is 5.12. The van der Waals surface area contributed by atoms with Crippen molar-refractivity contribution in [3.8, 4) is 16.9 Å². The van der Waals surface area contributed by atoms with Crippen molar-refractivity contribution in [3.05, 3.63) is 89.2 Å². The first-order chi connectivity index (χ1) is 20.5. The number of methoxy groups -OCH3 is 1. The Hall–Kier alpha value is -4.02. The molecule has 3 aromatic carbocycles. The van der Waals surface area contributed by atoms with Crippen molar-refractivity contribution >= 4 is 32.7 Å². The van der Waals surface area contributed by atoms with E-state index in [2.05, 4.69) is 4.40 Å². The molecule has 1 heterocycles. The molecule has 0 amide bonds. The Bertz CT molecular complexity index is 1740. The molecule has 228 valence electrons. The minimum Gasteiger partial charge on any atom is -0.489 e. The molecule has 0 saturated carbocycles. The first kappa shape index (κ1) is 31.9. The number of benzene rings is 3. The zero-order valence-corrected chi connectivity index (χ0v) is 25.8. The van der Waals surface area contributed by atoms with Crippen LogP contribution in [0.1, 0.15) is 50.1 Å². The number of alkyl halides is 1. The van der Waals surface area contributed by atoms with Crippen LogP contribution >= 0.6 is 0 Å². The molecule has 0 bridgehead atoms. The van der Waals surface area contributed by atoms with E-state index < -0.39 is 21.4 Å². The van der Waals surface area contributed by atoms with Crippen LogP contribution in [0.4, 0.5) is 4.39 Å². The number of carbonyl (C=O) groups excluding carboxylic acids is 1. The Morgan fingerprint density at radius 1 is 1.00 bits per heavy atom. The summed E-state index contributed by atoms with van der Waals surface area (Å²) in [7, 11) is -2.38. The molecule has 4 rings (SSSR count). The fraction of sp³-hybridized carbons (Fsp3) is 0.333. The van der Waals surface area contributed by atoms with Gasteiger partial charge in [0.15, 0.2) is 0 Å². The smallest absolute Gasteiger partial charge is 0.310 e. The third kappa shape index (κ3) is 7.69. The van der Waals surface area contributed by atoms with Gasteiger partial charge in [0.05, 0.1) is 23.5 Å². The molecule has 10 heteroatoms. The molecule has 1 aromatic heterocycles. The lowest BCUT2D eigenvalue weighted by molar-refractivity contribution is -0.142. The highest BCUT2D eigenvalue weighted by Crippen LogP contribution is 2.34. The first-order valence-corrected chi connectivity index (χ1v) is 15.3. The lowest BCUT2D eigenvalue weighted by atomic mass is 9.98. The van der Waals surface area contributed by atoms with E-state index in [9.17, 15) is 17.6 Å². The van der Waals surface area contributed by atoms with Gasteiger partial charge in [-0.25, -0.2) is 12.8 Å². The van der Waals surface area contributed by atoms with Crippen LogP contribution in [-0.4, -0.2) is 45.2 Å². The fourth-order valence-electron chi connectivity index (χ4n) is 4.40. The second-order valence-electron chi connectivity index (χ2n) is 10.9. The normalized spacial score (nSPS) is 12.5. The lowest BCUT2D eigenvalue weighted by Gasteiger charge is -2.16. The van der Waals surface area contributed by atoms with Gasteiger partial charge in [0, 0.05) is 29.2 Å². The number of hydrogen-bond acceptors (Lipinski definition) is 7. The SMILES string of the molecule is CCOC(=O)Cc1ccccc1OCc1cc(-c2cccc(C(CF)=NS(=O)(=O)C(C)(C)C)c2)c2oc(COC)cc2c1. The number of hydrogen-bond donors (Lipinski definition) is 0. The molecule has 0 aliphatic carbocycles. The molecular weight excluding hydrogens is 573 g/mol. The molecule has 4 aromatic rings. The maximum atomic E-state index is 14.1. The van der Waals surface area contributed by atoms with E-state index in [1.165, 1.54) is 20.8 Å². The second-order valence-corrected chi connectivity index (χ2v) is 13.3. The van der Waals surface area contributed by atoms with Crippen molar-refractivity contribution in [2.45, 2.75) is 52.1 Å². The third-order valence-corrected chi connectivity index (χ3v) is 8.67. The zero-order valence-electron chi connectivity index (χ0n) is 25.0. The minimum absolute atomic E-state index is 0.0899. The summed E-state index contributed by atoms with van der Waals surface area (Å²) in [6.45, 7) is 6.03. The van der Waals surface area contributed by atoms with Crippen molar-refractivity contribution < 1.29 is 36.2 Å². The number of rotatable bonds is 12. The summed E-state index contributed by atoms with van der Waals surface area (Å²) in [6.07, 6.45) is 0.0899. The number of sulfonamides is 1. The van der Waals surface area contributed by atoms with E-state index in [0.717, 1.165) is 10.9 Å². The molecule has 0 spiro atoms. The molecule has 0 aliphatic rings. The Morgan fingerprint density at radius 3 is 2.47 bits per heavy atom. The van der Waals surface area contributed by atoms with Gasteiger partial charge in [-0.1, -0.05) is 36.4 Å². The maximum absolute atomic E-state index is 14.1. The summed E-state index contributed by atoms with van der Waals surface area (Å²) in [5.41, 5.74) is 3.68. The van der Waals surface area contributed by atoms with E-state index in [0.29, 0.717) is 46.0 Å². The highest BCUT2D eigenvalue weighted by Gasteiger charge is 2.29. The van der Waals surface area contributed by atoms with E-state index in [1.54, 1.807) is 38.3 Å². The van der Waals surface area contributed by atoms with Gasteiger partial charge in [-0.05, 0) is 69.2 Å². The van der Waals surface area contributed by atoms with Crippen LogP contribution in [0.25, 0.3) is 22.1 Å². The molecular formula is C33H36FNO7S. The van der Waals surface area contributed by atoms with E-state index in [-0.39, 0.29) is 31.3 Å². The summed E-state index contributed by atoms with van der Waals surface area (Å²) >= 11 is 0. The summed E-state index contributed by atoms with van der Waals surface area (Å²) in [5.74, 6) is 0.850. The number of carbonyl (C=O) groups is 1. The summed E-state index contributed by atoms with van der Waals surface area (Å²) in [4.78, 5) is 12.1. The van der Waals surface area contributed by atoms with Crippen molar-refractivity contribution in [2.24, 2.45) is 4.40 Å². The van der Waals surface area contributed by atoms with E-state index in [1.807, 2.05) is 42.5 Å². The van der Waals surface area contributed by atoms with Crippen molar-refractivity contribution in [1.82, 2.24) is 0 Å². The lowest BCUT2D eigenvalue weighted by Crippen LogP contribution is -2.27. The standard InChI is InChI=1S/C33H36FNO7S/c1-6-40-31(36)18-25-10-7-8-13-30(25)41-20-22-14-26-17-27(21-39-5)42-32(26)28(15-22)23-11-9-12-24(16-23)29(19-34)35-43(37,38)33(2,3)4/h7-17H,6,18-21H2,1-5H3. The van der Waals surface area contributed by atoms with Crippen LogP contribution in [0.15, 0.2) is 75.5 Å². The number of nitrogens with zero attached hydrogens (tertiary/aromatic N) is 1. The average Bonchev–Trinajstić information content (AvgIpc) is 3.37. The van der Waals surface area contributed by atoms with Gasteiger partial charge >= 0.3 is 5.97 Å². The van der Waals surface area contributed by atoms with Crippen LogP contribution in [-0.2, 0) is 43.9 Å². The van der Waals surface area contributed by atoms with Gasteiger partial charge < -0.3 is 18.6 Å². The highest BCUT2D eigenvalue weighted by molar-refractivity contribution is 7.91. The van der Waals surface area contributed by atoms with Crippen molar-refractivity contribution in [1.29, 1.82) is 0 Å². The van der Waals surface area contributed by atoms with Gasteiger partial charge in [-0.2, -0.15) is 4.40 Å². The van der Waals surface area contributed by atoms with Gasteiger partial charge in [-0.15, -0.1) is 0 Å². The molecule has 0 atom stereocenters. The van der Waals surface area contributed by atoms with Crippen LogP contribution in [0.2, 0.25) is 0 Å². The van der Waals surface area contributed by atoms with Crippen LogP contribution in [0.3, 0.4) is 0 Å².